The number of likely N-dealkylation sites (tertiary alicyclic amines) is 1. The summed E-state index contributed by atoms with van der Waals surface area (Å²) in [6.07, 6.45) is -2.44. The quantitative estimate of drug-likeness (QED) is 0.579. The second-order valence-corrected chi connectivity index (χ2v) is 7.41. The van der Waals surface area contributed by atoms with Crippen molar-refractivity contribution in [2.24, 2.45) is 5.73 Å². The average molecular weight is 433 g/mol. The van der Waals surface area contributed by atoms with Crippen molar-refractivity contribution >= 4 is 22.6 Å². The maximum atomic E-state index is 14.1. The highest BCUT2D eigenvalue weighted by atomic mass is 19.4. The van der Waals surface area contributed by atoms with Crippen LogP contribution in [0.3, 0.4) is 0 Å². The summed E-state index contributed by atoms with van der Waals surface area (Å²) in [6, 6.07) is 6.66. The third kappa shape index (κ3) is 4.43. The van der Waals surface area contributed by atoms with E-state index in [-0.39, 0.29) is 11.1 Å². The fourth-order valence-electron chi connectivity index (χ4n) is 3.60. The molecule has 0 bridgehead atoms. The van der Waals surface area contributed by atoms with Crippen molar-refractivity contribution in [2.45, 2.75) is 18.6 Å². The number of nitrogens with one attached hydrogen (secondary N) is 1. The molecule has 3 N–H and O–H groups in total. The molecule has 4 rings (SSSR count). The van der Waals surface area contributed by atoms with Gasteiger partial charge in [0.15, 0.2) is 0 Å². The lowest BCUT2D eigenvalue weighted by Crippen LogP contribution is -2.41. The molecule has 1 fully saturated rings. The van der Waals surface area contributed by atoms with E-state index in [1.807, 2.05) is 4.90 Å². The minimum absolute atomic E-state index is 0.150. The van der Waals surface area contributed by atoms with Gasteiger partial charge in [0.1, 0.15) is 18.0 Å². The lowest BCUT2D eigenvalue weighted by molar-refractivity contribution is -0.137. The molecule has 1 aliphatic rings. The van der Waals surface area contributed by atoms with Gasteiger partial charge in [-0.2, -0.15) is 13.2 Å². The number of nitrogens with zero attached hydrogens (tertiary/aromatic N) is 3. The number of anilines is 1. The van der Waals surface area contributed by atoms with E-state index in [1.165, 1.54) is 12.4 Å². The fourth-order valence-corrected chi connectivity index (χ4v) is 3.60. The maximum absolute atomic E-state index is 14.1. The molecule has 0 unspecified atom stereocenters. The number of rotatable bonds is 6. The molecular formula is C21H19F4N5O. The second-order valence-electron chi connectivity index (χ2n) is 7.41. The molecule has 162 valence electrons. The Balaban J connectivity index is 1.76. The lowest BCUT2D eigenvalue weighted by atomic mass is 10.0. The summed E-state index contributed by atoms with van der Waals surface area (Å²) in [7, 11) is 0. The van der Waals surface area contributed by atoms with Gasteiger partial charge in [0.05, 0.1) is 22.7 Å². The molecule has 10 heteroatoms. The zero-order valence-corrected chi connectivity index (χ0v) is 16.3. The highest BCUT2D eigenvalue weighted by molar-refractivity contribution is 6.06. The topological polar surface area (TPSA) is 84.1 Å². The smallest absolute Gasteiger partial charge is 0.366 e. The Kier molecular flexibility index (Phi) is 5.48. The Bertz CT molecular complexity index is 1130. The van der Waals surface area contributed by atoms with Gasteiger partial charge in [0.25, 0.3) is 5.91 Å². The van der Waals surface area contributed by atoms with Crippen LogP contribution in [0.4, 0.5) is 23.4 Å². The van der Waals surface area contributed by atoms with Gasteiger partial charge in [-0.15, -0.1) is 0 Å². The number of halogens is 4. The van der Waals surface area contributed by atoms with Gasteiger partial charge in [-0.1, -0.05) is 6.07 Å². The number of primary amides is 1. The number of hydrogen-bond acceptors (Lipinski definition) is 5. The Morgan fingerprint density at radius 3 is 2.61 bits per heavy atom. The standard InChI is InChI=1S/C21H19F4N5O/c22-14-8-12(7-13(9-14)21(23,24)25)17(10-30-5-2-6-30)29-20-16-4-1-3-15(19(26)31)18(16)27-11-28-20/h1,3-4,7-9,11,17H,2,5-6,10H2,(H2,26,31)(H,27,28,29)/t17-/m1/s1. The van der Waals surface area contributed by atoms with Crippen molar-refractivity contribution in [1.29, 1.82) is 0 Å². The molecule has 1 aliphatic heterocycles. The monoisotopic (exact) mass is 433 g/mol. The zero-order valence-electron chi connectivity index (χ0n) is 16.3. The first-order valence-electron chi connectivity index (χ1n) is 9.62. The molecule has 3 aromatic rings. The van der Waals surface area contributed by atoms with Gasteiger partial charge in [0.2, 0.25) is 0 Å². The minimum Gasteiger partial charge on any atom is -0.366 e. The van der Waals surface area contributed by atoms with Crippen LogP contribution in [-0.4, -0.2) is 40.4 Å². The van der Waals surface area contributed by atoms with Gasteiger partial charge in [0, 0.05) is 11.9 Å². The third-order valence-electron chi connectivity index (χ3n) is 5.28. The summed E-state index contributed by atoms with van der Waals surface area (Å²) >= 11 is 0. The van der Waals surface area contributed by atoms with Crippen molar-refractivity contribution in [1.82, 2.24) is 14.9 Å². The summed E-state index contributed by atoms with van der Waals surface area (Å²) in [6.45, 7) is 1.97. The van der Waals surface area contributed by atoms with Gasteiger partial charge < -0.3 is 16.0 Å². The minimum atomic E-state index is -4.67. The van der Waals surface area contributed by atoms with Crippen molar-refractivity contribution in [3.05, 3.63) is 65.2 Å². The van der Waals surface area contributed by atoms with E-state index in [9.17, 15) is 22.4 Å². The molecule has 1 amide bonds. The largest absolute Gasteiger partial charge is 0.416 e. The summed E-state index contributed by atoms with van der Waals surface area (Å²) in [5.41, 5.74) is 5.03. The predicted octanol–water partition coefficient (Wildman–Crippen LogP) is 3.75. The average Bonchev–Trinajstić information content (AvgIpc) is 2.68. The van der Waals surface area contributed by atoms with Gasteiger partial charge in [-0.25, -0.2) is 14.4 Å². The van der Waals surface area contributed by atoms with Crippen LogP contribution in [0.2, 0.25) is 0 Å². The highest BCUT2D eigenvalue weighted by Gasteiger charge is 2.32. The number of benzene rings is 2. The summed E-state index contributed by atoms with van der Waals surface area (Å²) < 4.78 is 53.8. The van der Waals surface area contributed by atoms with Crippen LogP contribution >= 0.6 is 0 Å². The number of hydrogen-bond donors (Lipinski definition) is 2. The van der Waals surface area contributed by atoms with E-state index in [2.05, 4.69) is 15.3 Å². The lowest BCUT2D eigenvalue weighted by Gasteiger charge is -2.35. The Morgan fingerprint density at radius 1 is 1.19 bits per heavy atom. The van der Waals surface area contributed by atoms with Crippen LogP contribution in [0, 0.1) is 5.82 Å². The first-order valence-corrected chi connectivity index (χ1v) is 9.62. The molecule has 1 atom stereocenters. The first kappa shape index (κ1) is 21.0. The highest BCUT2D eigenvalue weighted by Crippen LogP contribution is 2.33. The Morgan fingerprint density at radius 2 is 1.97 bits per heavy atom. The van der Waals surface area contributed by atoms with Crippen LogP contribution in [0.15, 0.2) is 42.7 Å². The molecule has 1 saturated heterocycles. The van der Waals surface area contributed by atoms with Gasteiger partial charge >= 0.3 is 6.18 Å². The summed E-state index contributed by atoms with van der Waals surface area (Å²) in [5.74, 6) is -1.31. The van der Waals surface area contributed by atoms with E-state index < -0.39 is 29.5 Å². The van der Waals surface area contributed by atoms with Crippen molar-refractivity contribution in [3.63, 3.8) is 0 Å². The molecule has 0 saturated carbocycles. The molecule has 2 heterocycles. The molecule has 31 heavy (non-hydrogen) atoms. The van der Waals surface area contributed by atoms with E-state index in [4.69, 9.17) is 5.73 Å². The van der Waals surface area contributed by atoms with Crippen LogP contribution in [-0.2, 0) is 6.18 Å². The number of carbonyl (C=O) groups excluding carboxylic acids is 1. The number of aromatic nitrogens is 2. The zero-order chi connectivity index (χ0) is 22.2. The van der Waals surface area contributed by atoms with Crippen LogP contribution in [0.5, 0.6) is 0 Å². The van der Waals surface area contributed by atoms with Crippen LogP contribution in [0.1, 0.15) is 33.9 Å². The van der Waals surface area contributed by atoms with Gasteiger partial charge in [-0.3, -0.25) is 4.79 Å². The van der Waals surface area contributed by atoms with Gasteiger partial charge in [-0.05, 0) is 55.4 Å². The number of fused-ring (bicyclic) bond motifs is 1. The Labute approximate surface area is 175 Å². The molecule has 6 nitrogen and oxygen atoms in total. The molecular weight excluding hydrogens is 414 g/mol. The maximum Gasteiger partial charge on any atom is 0.416 e. The first-order chi connectivity index (χ1) is 14.7. The van der Waals surface area contributed by atoms with E-state index in [0.717, 1.165) is 31.6 Å². The van der Waals surface area contributed by atoms with E-state index >= 15 is 0 Å². The summed E-state index contributed by atoms with van der Waals surface area (Å²) in [5, 5.41) is 3.62. The third-order valence-corrected chi connectivity index (χ3v) is 5.28. The van der Waals surface area contributed by atoms with Crippen molar-refractivity contribution in [2.75, 3.05) is 25.0 Å². The number of alkyl halides is 3. The van der Waals surface area contributed by atoms with Crippen molar-refractivity contribution < 1.29 is 22.4 Å². The number of nitrogens with two attached hydrogens (primary N) is 1. The van der Waals surface area contributed by atoms with Crippen molar-refractivity contribution in [3.8, 4) is 0 Å². The summed E-state index contributed by atoms with van der Waals surface area (Å²) in [4.78, 5) is 22.1. The van der Waals surface area contributed by atoms with Crippen LogP contribution < -0.4 is 11.1 Å². The number of amides is 1. The fraction of sp³-hybridized carbons (Fsp3) is 0.286. The normalized spacial score (nSPS) is 15.5. The molecule has 0 radical (unpaired) electrons. The molecule has 0 spiro atoms. The van der Waals surface area contributed by atoms with E-state index in [1.54, 1.807) is 12.1 Å². The number of carbonyl (C=O) groups is 1. The molecule has 1 aromatic heterocycles. The SMILES string of the molecule is NC(=O)c1cccc2c(N[C@H](CN3CCC3)c3cc(F)cc(C(F)(F)F)c3)ncnc12. The number of para-hydroxylation sites is 1. The molecule has 2 aromatic carbocycles. The van der Waals surface area contributed by atoms with Crippen LogP contribution in [0.25, 0.3) is 10.9 Å². The Hall–Kier alpha value is -3.27. The molecule has 0 aliphatic carbocycles. The second kappa shape index (κ2) is 8.10. The van der Waals surface area contributed by atoms with E-state index in [0.29, 0.717) is 29.3 Å². The predicted molar refractivity (Wildman–Crippen MR) is 107 cm³/mol.